The van der Waals surface area contributed by atoms with Gasteiger partial charge in [-0.3, -0.25) is 9.59 Å². The summed E-state index contributed by atoms with van der Waals surface area (Å²) in [6.07, 6.45) is 0. The second-order valence-electron chi connectivity index (χ2n) is 6.20. The zero-order valence-corrected chi connectivity index (χ0v) is 15.8. The molecule has 0 unspecified atom stereocenters. The lowest BCUT2D eigenvalue weighted by Gasteiger charge is -2.08. The molecular formula is C23H19NO5. The zero-order chi connectivity index (χ0) is 20.6. The van der Waals surface area contributed by atoms with Gasteiger partial charge >= 0.3 is 5.97 Å². The van der Waals surface area contributed by atoms with Crippen LogP contribution in [0.2, 0.25) is 0 Å². The van der Waals surface area contributed by atoms with Crippen LogP contribution in [0, 0.1) is 0 Å². The number of ketones is 1. The van der Waals surface area contributed by atoms with Crippen LogP contribution in [-0.4, -0.2) is 24.3 Å². The fraction of sp³-hybridized carbons (Fsp3) is 0.0870. The SMILES string of the molecule is CC(=O)c1cccc(NC(=O)COC(=O)c2ccc(Oc3ccccc3)cc2)c1. The van der Waals surface area contributed by atoms with Gasteiger partial charge in [-0.05, 0) is 55.5 Å². The van der Waals surface area contributed by atoms with Gasteiger partial charge in [-0.2, -0.15) is 0 Å². The summed E-state index contributed by atoms with van der Waals surface area (Å²) in [4.78, 5) is 35.5. The van der Waals surface area contributed by atoms with E-state index in [-0.39, 0.29) is 5.78 Å². The molecule has 3 aromatic carbocycles. The molecule has 3 rings (SSSR count). The number of hydrogen-bond donors (Lipinski definition) is 1. The highest BCUT2D eigenvalue weighted by molar-refractivity contribution is 5.98. The average molecular weight is 389 g/mol. The Morgan fingerprint density at radius 1 is 0.793 bits per heavy atom. The predicted molar refractivity (Wildman–Crippen MR) is 108 cm³/mol. The topological polar surface area (TPSA) is 81.7 Å². The van der Waals surface area contributed by atoms with E-state index in [0.717, 1.165) is 0 Å². The molecule has 0 saturated carbocycles. The van der Waals surface area contributed by atoms with E-state index in [1.54, 1.807) is 48.5 Å². The molecule has 0 aliphatic carbocycles. The Hall–Kier alpha value is -3.93. The molecular weight excluding hydrogens is 370 g/mol. The first-order chi connectivity index (χ1) is 14.0. The quantitative estimate of drug-likeness (QED) is 0.476. The predicted octanol–water partition coefficient (Wildman–Crippen LogP) is 4.48. The molecule has 0 bridgehead atoms. The highest BCUT2D eigenvalue weighted by atomic mass is 16.5. The fourth-order valence-electron chi connectivity index (χ4n) is 2.51. The Bertz CT molecular complexity index is 1010. The lowest BCUT2D eigenvalue weighted by molar-refractivity contribution is -0.119. The Morgan fingerprint density at radius 2 is 1.48 bits per heavy atom. The van der Waals surface area contributed by atoms with Gasteiger partial charge in [0.15, 0.2) is 12.4 Å². The fourth-order valence-corrected chi connectivity index (χ4v) is 2.51. The first-order valence-corrected chi connectivity index (χ1v) is 8.92. The smallest absolute Gasteiger partial charge is 0.338 e. The summed E-state index contributed by atoms with van der Waals surface area (Å²) in [5, 5.41) is 2.59. The van der Waals surface area contributed by atoms with Crippen LogP contribution in [0.4, 0.5) is 5.69 Å². The van der Waals surface area contributed by atoms with Crippen molar-refractivity contribution in [2.45, 2.75) is 6.92 Å². The van der Waals surface area contributed by atoms with Gasteiger partial charge in [0.05, 0.1) is 5.56 Å². The number of nitrogens with one attached hydrogen (secondary N) is 1. The summed E-state index contributed by atoms with van der Waals surface area (Å²) in [6.45, 7) is 1.00. The number of carbonyl (C=O) groups is 3. The third-order valence-electron chi connectivity index (χ3n) is 3.96. The van der Waals surface area contributed by atoms with Crippen LogP contribution in [0.3, 0.4) is 0 Å². The number of ether oxygens (including phenoxy) is 2. The molecule has 0 atom stereocenters. The van der Waals surface area contributed by atoms with Gasteiger partial charge in [-0.25, -0.2) is 4.79 Å². The van der Waals surface area contributed by atoms with Crippen molar-refractivity contribution < 1.29 is 23.9 Å². The summed E-state index contributed by atoms with van der Waals surface area (Å²) >= 11 is 0. The number of benzene rings is 3. The average Bonchev–Trinajstić information content (AvgIpc) is 2.73. The first-order valence-electron chi connectivity index (χ1n) is 8.92. The van der Waals surface area contributed by atoms with E-state index in [1.807, 2.05) is 30.3 Å². The summed E-state index contributed by atoms with van der Waals surface area (Å²) < 4.78 is 10.7. The Kier molecular flexibility index (Phi) is 6.37. The van der Waals surface area contributed by atoms with Crippen LogP contribution < -0.4 is 10.1 Å². The molecule has 146 valence electrons. The first kappa shape index (κ1) is 19.8. The van der Waals surface area contributed by atoms with E-state index < -0.39 is 18.5 Å². The second kappa shape index (κ2) is 9.32. The van der Waals surface area contributed by atoms with Crippen molar-refractivity contribution >= 4 is 23.3 Å². The summed E-state index contributed by atoms with van der Waals surface area (Å²) in [6, 6.07) is 22.2. The van der Waals surface area contributed by atoms with Crippen LogP contribution >= 0.6 is 0 Å². The lowest BCUT2D eigenvalue weighted by atomic mass is 10.1. The van der Waals surface area contributed by atoms with Crippen LogP contribution in [0.5, 0.6) is 11.5 Å². The van der Waals surface area contributed by atoms with Crippen molar-refractivity contribution in [1.29, 1.82) is 0 Å². The van der Waals surface area contributed by atoms with Gasteiger partial charge in [0.2, 0.25) is 0 Å². The Labute approximate surface area is 168 Å². The maximum atomic E-state index is 12.1. The van der Waals surface area contributed by atoms with Crippen molar-refractivity contribution in [2.75, 3.05) is 11.9 Å². The molecule has 6 heteroatoms. The van der Waals surface area contributed by atoms with Crippen LogP contribution in [0.25, 0.3) is 0 Å². The van der Waals surface area contributed by atoms with Crippen molar-refractivity contribution in [3.63, 3.8) is 0 Å². The van der Waals surface area contributed by atoms with Gasteiger partial charge < -0.3 is 14.8 Å². The molecule has 3 aromatic rings. The maximum absolute atomic E-state index is 12.1. The molecule has 0 radical (unpaired) electrons. The molecule has 29 heavy (non-hydrogen) atoms. The van der Waals surface area contributed by atoms with Crippen LogP contribution in [0.15, 0.2) is 78.9 Å². The monoisotopic (exact) mass is 389 g/mol. The van der Waals surface area contributed by atoms with Gasteiger partial charge in [0.25, 0.3) is 5.91 Å². The van der Waals surface area contributed by atoms with Gasteiger partial charge in [-0.1, -0.05) is 30.3 Å². The zero-order valence-electron chi connectivity index (χ0n) is 15.8. The van der Waals surface area contributed by atoms with E-state index >= 15 is 0 Å². The molecule has 0 aliphatic heterocycles. The summed E-state index contributed by atoms with van der Waals surface area (Å²) in [5.41, 5.74) is 1.25. The minimum atomic E-state index is -0.621. The normalized spacial score (nSPS) is 10.1. The molecule has 0 aromatic heterocycles. The van der Waals surface area contributed by atoms with Crippen molar-refractivity contribution in [2.24, 2.45) is 0 Å². The van der Waals surface area contributed by atoms with Gasteiger partial charge in [0, 0.05) is 11.3 Å². The molecule has 6 nitrogen and oxygen atoms in total. The van der Waals surface area contributed by atoms with E-state index in [1.165, 1.54) is 6.92 Å². The summed E-state index contributed by atoms with van der Waals surface area (Å²) in [5.74, 6) is 0.0448. The molecule has 0 fully saturated rings. The molecule has 0 heterocycles. The molecule has 1 amide bonds. The molecule has 0 aliphatic rings. The highest BCUT2D eigenvalue weighted by Gasteiger charge is 2.11. The van der Waals surface area contributed by atoms with Crippen molar-refractivity contribution in [1.82, 2.24) is 0 Å². The third kappa shape index (κ3) is 5.77. The number of esters is 1. The van der Waals surface area contributed by atoms with E-state index in [2.05, 4.69) is 5.32 Å². The van der Waals surface area contributed by atoms with Gasteiger partial charge in [-0.15, -0.1) is 0 Å². The third-order valence-corrected chi connectivity index (χ3v) is 3.96. The second-order valence-corrected chi connectivity index (χ2v) is 6.20. The minimum absolute atomic E-state index is 0.104. The van der Waals surface area contributed by atoms with Crippen molar-refractivity contribution in [3.8, 4) is 11.5 Å². The van der Waals surface area contributed by atoms with E-state index in [0.29, 0.717) is 28.3 Å². The van der Waals surface area contributed by atoms with Gasteiger partial charge in [0.1, 0.15) is 11.5 Å². The van der Waals surface area contributed by atoms with Crippen LogP contribution in [-0.2, 0) is 9.53 Å². The van der Waals surface area contributed by atoms with E-state index in [4.69, 9.17) is 9.47 Å². The standard InChI is InChI=1S/C23H19NO5/c1-16(25)18-6-5-7-19(14-18)24-22(26)15-28-23(27)17-10-12-21(13-11-17)29-20-8-3-2-4-9-20/h2-14H,15H2,1H3,(H,24,26). The number of para-hydroxylation sites is 1. The van der Waals surface area contributed by atoms with Crippen LogP contribution in [0.1, 0.15) is 27.6 Å². The lowest BCUT2D eigenvalue weighted by Crippen LogP contribution is -2.21. The summed E-state index contributed by atoms with van der Waals surface area (Å²) in [7, 11) is 0. The highest BCUT2D eigenvalue weighted by Crippen LogP contribution is 2.21. The molecule has 0 saturated heterocycles. The number of rotatable bonds is 7. The number of hydrogen-bond acceptors (Lipinski definition) is 5. The Morgan fingerprint density at radius 3 is 2.17 bits per heavy atom. The largest absolute Gasteiger partial charge is 0.457 e. The number of carbonyl (C=O) groups excluding carboxylic acids is 3. The molecule has 1 N–H and O–H groups in total. The molecule has 0 spiro atoms. The number of amides is 1. The number of Topliss-reactive ketones (excluding diaryl/α,β-unsaturated/α-hetero) is 1. The van der Waals surface area contributed by atoms with Crippen molar-refractivity contribution in [3.05, 3.63) is 90.0 Å². The minimum Gasteiger partial charge on any atom is -0.457 e. The van der Waals surface area contributed by atoms with E-state index in [9.17, 15) is 14.4 Å². The maximum Gasteiger partial charge on any atom is 0.338 e. The number of anilines is 1. The Balaban J connectivity index is 1.51.